The van der Waals surface area contributed by atoms with Crippen LogP contribution in [0.4, 0.5) is 0 Å². The third-order valence-electron chi connectivity index (χ3n) is 12.5. The number of unbranched alkanes of at least 4 members (excludes halogenated alkanes) is 28. The van der Waals surface area contributed by atoms with E-state index in [2.05, 4.69) is 86.8 Å². The molecule has 1 N–H and O–H groups in total. The number of phosphoric ester groups is 1. The second-order valence-corrected chi connectivity index (χ2v) is 21.9. The summed E-state index contributed by atoms with van der Waals surface area (Å²) in [5.41, 5.74) is 0. The van der Waals surface area contributed by atoms with E-state index in [1.165, 1.54) is 122 Å². The normalized spacial score (nSPS) is 14.3. The Balaban J connectivity index is 5.44. The Labute approximate surface area is 432 Å². The summed E-state index contributed by atoms with van der Waals surface area (Å²) in [6, 6.07) is -0.908. The zero-order chi connectivity index (χ0) is 51.5. The van der Waals surface area contributed by atoms with E-state index >= 15 is 0 Å². The second-order valence-electron chi connectivity index (χ2n) is 20.5. The Morgan fingerprint density at radius 2 is 0.914 bits per heavy atom. The summed E-state index contributed by atoms with van der Waals surface area (Å²) in [7, 11) is 1.15. The van der Waals surface area contributed by atoms with Crippen molar-refractivity contribution in [3.63, 3.8) is 0 Å². The third kappa shape index (κ3) is 50.4. The molecular weight excluding hydrogens is 892 g/mol. The zero-order valence-corrected chi connectivity index (χ0v) is 47.1. The van der Waals surface area contributed by atoms with Crippen molar-refractivity contribution in [2.24, 2.45) is 0 Å². The number of carbonyl (C=O) groups is 2. The van der Waals surface area contributed by atoms with Crippen molar-refractivity contribution in [2.45, 2.75) is 258 Å². The smallest absolute Gasteiger partial charge is 0.306 e. The molecule has 0 aliphatic rings. The Bertz CT molecular complexity index is 1430. The van der Waals surface area contributed by atoms with Crippen molar-refractivity contribution in [1.29, 1.82) is 0 Å². The molecule has 0 aromatic heterocycles. The highest BCUT2D eigenvalue weighted by Gasteiger charge is 2.27. The topological polar surface area (TPSA) is 114 Å². The number of rotatable bonds is 51. The summed E-state index contributed by atoms with van der Waals surface area (Å²) in [6.45, 7) is 6.67. The van der Waals surface area contributed by atoms with Crippen LogP contribution < -0.4 is 10.2 Å². The van der Waals surface area contributed by atoms with Gasteiger partial charge in [0.25, 0.3) is 7.82 Å². The van der Waals surface area contributed by atoms with Gasteiger partial charge in [-0.1, -0.05) is 229 Å². The average molecular weight is 1000 g/mol. The number of esters is 1. The van der Waals surface area contributed by atoms with Crippen LogP contribution in [-0.4, -0.2) is 69.4 Å². The molecule has 1 amide bonds. The second kappa shape index (κ2) is 50.0. The van der Waals surface area contributed by atoms with Crippen LogP contribution >= 0.6 is 7.82 Å². The van der Waals surface area contributed by atoms with Gasteiger partial charge in [-0.2, -0.15) is 0 Å². The number of carbonyl (C=O) groups excluding carboxylic acids is 2. The van der Waals surface area contributed by atoms with Crippen LogP contribution in [0.1, 0.15) is 245 Å². The van der Waals surface area contributed by atoms with Crippen LogP contribution in [0.15, 0.2) is 72.9 Å². The molecule has 0 spiro atoms. The van der Waals surface area contributed by atoms with Gasteiger partial charge in [0, 0.05) is 12.8 Å². The van der Waals surface area contributed by atoms with Crippen molar-refractivity contribution in [1.82, 2.24) is 5.32 Å². The SMILES string of the molecule is CC/C=C/C=C/C=C/CCCCCCCCCC(=O)OC(/C=C/CCCCCCCCCCCCC)C(COP(=O)([O-])OCC[N+](C)(C)C)NC(=O)CCCCC/C=C/C=C/CCCCCCCCC. The number of hydrogen-bond acceptors (Lipinski definition) is 7. The molecule has 0 radical (unpaired) electrons. The molecule has 406 valence electrons. The van der Waals surface area contributed by atoms with Gasteiger partial charge in [0.15, 0.2) is 0 Å². The molecule has 0 aromatic carbocycles. The average Bonchev–Trinajstić information content (AvgIpc) is 3.32. The minimum atomic E-state index is -4.71. The predicted octanol–water partition coefficient (Wildman–Crippen LogP) is 16.6. The summed E-state index contributed by atoms with van der Waals surface area (Å²) < 4.78 is 30.2. The van der Waals surface area contributed by atoms with Gasteiger partial charge in [0.1, 0.15) is 19.3 Å². The van der Waals surface area contributed by atoms with Gasteiger partial charge in [-0.3, -0.25) is 14.2 Å². The Hall–Kier alpha value is -2.55. The third-order valence-corrected chi connectivity index (χ3v) is 13.4. The molecule has 0 aliphatic carbocycles. The molecule has 0 aromatic rings. The fourth-order valence-electron chi connectivity index (χ4n) is 7.98. The summed E-state index contributed by atoms with van der Waals surface area (Å²) in [4.78, 5) is 39.8. The highest BCUT2D eigenvalue weighted by atomic mass is 31.2. The molecule has 9 nitrogen and oxygen atoms in total. The van der Waals surface area contributed by atoms with Gasteiger partial charge < -0.3 is 28.5 Å². The largest absolute Gasteiger partial charge is 0.756 e. The van der Waals surface area contributed by atoms with Gasteiger partial charge in [-0.15, -0.1) is 0 Å². The molecule has 0 fully saturated rings. The molecule has 10 heteroatoms. The number of hydrogen-bond donors (Lipinski definition) is 1. The lowest BCUT2D eigenvalue weighted by molar-refractivity contribution is -0.870. The van der Waals surface area contributed by atoms with Crippen molar-refractivity contribution >= 4 is 19.7 Å². The molecule has 70 heavy (non-hydrogen) atoms. The van der Waals surface area contributed by atoms with E-state index in [0.717, 1.165) is 77.0 Å². The van der Waals surface area contributed by atoms with Crippen molar-refractivity contribution in [3.8, 4) is 0 Å². The molecule has 0 rings (SSSR count). The number of likely N-dealkylation sites (N-methyl/N-ethyl adjacent to an activating group) is 1. The molecule has 0 aliphatic heterocycles. The minimum absolute atomic E-state index is 0.0318. The first-order chi connectivity index (χ1) is 33.9. The van der Waals surface area contributed by atoms with Gasteiger partial charge in [-0.05, 0) is 76.7 Å². The van der Waals surface area contributed by atoms with Crippen LogP contribution in [0, 0.1) is 0 Å². The zero-order valence-electron chi connectivity index (χ0n) is 46.2. The first-order valence-corrected chi connectivity index (χ1v) is 30.3. The van der Waals surface area contributed by atoms with Crippen LogP contribution in [0.3, 0.4) is 0 Å². The van der Waals surface area contributed by atoms with Gasteiger partial charge in [0.2, 0.25) is 5.91 Å². The lowest BCUT2D eigenvalue weighted by Gasteiger charge is -2.30. The maximum Gasteiger partial charge on any atom is 0.306 e. The lowest BCUT2D eigenvalue weighted by Crippen LogP contribution is -2.47. The Morgan fingerprint density at radius 3 is 1.39 bits per heavy atom. The van der Waals surface area contributed by atoms with Crippen LogP contribution in [0.5, 0.6) is 0 Å². The number of nitrogens with zero attached hydrogens (tertiary/aromatic N) is 1. The summed E-state index contributed by atoms with van der Waals surface area (Å²) in [5.74, 6) is -0.587. The van der Waals surface area contributed by atoms with Crippen molar-refractivity contribution in [2.75, 3.05) is 40.9 Å². The molecular formula is C60H109N2O7P. The highest BCUT2D eigenvalue weighted by molar-refractivity contribution is 7.45. The van der Waals surface area contributed by atoms with E-state index < -0.39 is 26.6 Å². The fraction of sp³-hybridized carbons (Fsp3) is 0.767. The molecule has 0 bridgehead atoms. The minimum Gasteiger partial charge on any atom is -0.756 e. The van der Waals surface area contributed by atoms with Crippen molar-refractivity contribution < 1.29 is 37.3 Å². The maximum absolute atomic E-state index is 13.5. The van der Waals surface area contributed by atoms with E-state index in [9.17, 15) is 19.0 Å². The Morgan fingerprint density at radius 1 is 0.514 bits per heavy atom. The first kappa shape index (κ1) is 67.5. The number of quaternary nitrogens is 1. The highest BCUT2D eigenvalue weighted by Crippen LogP contribution is 2.38. The van der Waals surface area contributed by atoms with E-state index in [1.54, 1.807) is 0 Å². The lowest BCUT2D eigenvalue weighted by atomic mass is 10.0. The monoisotopic (exact) mass is 1000 g/mol. The fourth-order valence-corrected chi connectivity index (χ4v) is 8.71. The van der Waals surface area contributed by atoms with Crippen LogP contribution in [0.2, 0.25) is 0 Å². The Kier molecular flexibility index (Phi) is 48.2. The predicted molar refractivity (Wildman–Crippen MR) is 298 cm³/mol. The number of nitrogens with one attached hydrogen (secondary N) is 1. The molecule has 0 saturated carbocycles. The number of amides is 1. The van der Waals surface area contributed by atoms with E-state index in [0.29, 0.717) is 23.9 Å². The number of phosphoric acid groups is 1. The van der Waals surface area contributed by atoms with E-state index in [1.807, 2.05) is 33.3 Å². The van der Waals surface area contributed by atoms with Crippen LogP contribution in [0.25, 0.3) is 0 Å². The maximum atomic E-state index is 13.5. The van der Waals surface area contributed by atoms with Crippen molar-refractivity contribution in [3.05, 3.63) is 72.9 Å². The molecule has 0 heterocycles. The first-order valence-electron chi connectivity index (χ1n) is 28.8. The molecule has 0 saturated heterocycles. The van der Waals surface area contributed by atoms with Gasteiger partial charge >= 0.3 is 5.97 Å². The summed E-state index contributed by atoms with van der Waals surface area (Å²) in [5, 5.41) is 3.00. The van der Waals surface area contributed by atoms with Gasteiger partial charge in [0.05, 0.1) is 33.8 Å². The van der Waals surface area contributed by atoms with E-state index in [4.69, 9.17) is 13.8 Å². The number of ether oxygens (including phenoxy) is 1. The summed E-state index contributed by atoms with van der Waals surface area (Å²) in [6.07, 6.45) is 62.9. The summed E-state index contributed by atoms with van der Waals surface area (Å²) >= 11 is 0. The van der Waals surface area contributed by atoms with E-state index in [-0.39, 0.29) is 31.3 Å². The molecule has 3 unspecified atom stereocenters. The quantitative estimate of drug-likeness (QED) is 0.0161. The van der Waals surface area contributed by atoms with Gasteiger partial charge in [-0.25, -0.2) is 0 Å². The number of allylic oxidation sites excluding steroid dienone is 11. The molecule has 3 atom stereocenters. The van der Waals surface area contributed by atoms with Crippen LogP contribution in [-0.2, 0) is 27.9 Å². The standard InChI is InChI=1S/C60H109N2O7P/c1-7-10-13-16-19-22-25-28-30-32-34-37-40-43-46-49-52-59(63)61-57(56-68-70(65,66)67-55-54-62(4,5)6)58(51-48-45-42-39-36-33-27-24-21-18-15-12-9-3)69-60(64)53-50-47-44-41-38-35-31-29-26-23-20-17-14-11-8-2/h11,14,17,20,23,26,30,32,34,37,48,51,57-58H,7-10,12-13,15-16,18-19,21-22,24-25,27-29,31,33,35-36,38-47,49-50,52-56H2,1-6H3,(H-,61,63,65,66)/b14-11+,20-17+,26-23+,32-30+,37-34+,51-48+.